The van der Waals surface area contributed by atoms with Crippen molar-refractivity contribution in [3.05, 3.63) is 417 Å². The molecule has 4 heteroatoms. The van der Waals surface area contributed by atoms with Gasteiger partial charge in [0.2, 0.25) is 0 Å². The van der Waals surface area contributed by atoms with Gasteiger partial charge in [-0.15, -0.1) is 0 Å². The van der Waals surface area contributed by atoms with Crippen molar-refractivity contribution in [3.63, 3.8) is 0 Å². The standard InChI is InChI=1S/C123H95N3O/c1-121-75-79-66-80(76-121)72-87(71-79)123(121)106-53-22-17-49-104(106)118-108(123)55-30-59-112(118)126(114-61-28-51-102-100-47-20-25-62-116(100)127-120(102)114)110-57-24-19-46-98(110)96-44-15-13-42-94(96)92-40-11-9-38-90(92)84-34-26-33-82(73-84)83-63-64-99-101-50-27-60-113(119(101)124(115(99)74-83)88-35-6-3-7-36-88)125(109-56-23-18-45-97(109)95-43-14-12-41-93(95)91-39-10-8-37-89(91)81-31-4-2-5-32-81)111-58-29-54-107-117(111)103-48-16-21-52-105(103)122(107)85-67-77-65-78(69-85)70-86(122)68-77/h2-64,73-74,77-80,85-87H,65-72,75-76H2,1H3. The fourth-order valence-electron chi connectivity index (χ4n) is 28.5. The molecule has 0 saturated heterocycles. The number of rotatable bonds is 14. The van der Waals surface area contributed by atoms with Gasteiger partial charge in [0.25, 0.3) is 0 Å². The highest BCUT2D eigenvalue weighted by Gasteiger charge is 2.68. The molecule has 0 amide bonds. The van der Waals surface area contributed by atoms with Gasteiger partial charge in [0.05, 0.1) is 45.2 Å². The molecule has 3 unspecified atom stereocenters. The van der Waals surface area contributed by atoms with Gasteiger partial charge in [0.15, 0.2) is 5.58 Å². The van der Waals surface area contributed by atoms with Gasteiger partial charge in [-0.3, -0.25) is 0 Å². The first kappa shape index (κ1) is 73.3. The lowest BCUT2D eigenvalue weighted by molar-refractivity contribution is -0.102. The highest BCUT2D eigenvalue weighted by atomic mass is 16.3. The SMILES string of the molecule is CC12CC3CC(CC(C3)C13c1ccccc1-c1c(N(c4ccccc4-c4ccccc4-c4ccccc4-c4cccc(-c5ccc6c7cccc(N(c8ccccc8-c8ccccc8-c8ccccc8-c8ccccc8)c8cccc9c8-c8ccccc8C98C9CC%10CC(C9)CC8C%10)c7n(-c7ccccc7)c6c5)c4)c4cccc5c4oc4ccccc45)cccc13)C2. The topological polar surface area (TPSA) is 24.6 Å². The lowest BCUT2D eigenvalue weighted by atomic mass is 9.37. The van der Waals surface area contributed by atoms with Gasteiger partial charge >= 0.3 is 0 Å². The molecule has 17 aromatic carbocycles. The summed E-state index contributed by atoms with van der Waals surface area (Å²) in [5, 5.41) is 4.63. The number of hydrogen-bond donors (Lipinski definition) is 0. The molecule has 4 nitrogen and oxygen atoms in total. The van der Waals surface area contributed by atoms with E-state index in [2.05, 4.69) is 416 Å². The summed E-state index contributed by atoms with van der Waals surface area (Å²) in [4.78, 5) is 5.31. The largest absolute Gasteiger partial charge is 0.454 e. The van der Waals surface area contributed by atoms with Crippen LogP contribution in [-0.2, 0) is 10.8 Å². The second-order valence-corrected chi connectivity index (χ2v) is 38.7. The minimum absolute atomic E-state index is 0.0441. The quantitative estimate of drug-likeness (QED) is 0.108. The van der Waals surface area contributed by atoms with Gasteiger partial charge in [-0.25, -0.2) is 0 Å². The summed E-state index contributed by atoms with van der Waals surface area (Å²) in [6, 6.07) is 150. The van der Waals surface area contributed by atoms with Crippen LogP contribution >= 0.6 is 0 Å². The number of benzene rings is 17. The van der Waals surface area contributed by atoms with Crippen LogP contribution in [0.4, 0.5) is 34.1 Å². The predicted octanol–water partition coefficient (Wildman–Crippen LogP) is 33.1. The Bertz CT molecular complexity index is 7690. The van der Waals surface area contributed by atoms with Crippen LogP contribution in [0.2, 0.25) is 0 Å². The first-order valence-electron chi connectivity index (χ1n) is 46.6. The van der Waals surface area contributed by atoms with E-state index < -0.39 is 0 Å². The lowest BCUT2D eigenvalue weighted by Gasteiger charge is -2.66. The Hall–Kier alpha value is -14.1. The molecule has 127 heavy (non-hydrogen) atoms. The molecular formula is C123H95N3O. The van der Waals surface area contributed by atoms with Crippen molar-refractivity contribution in [1.29, 1.82) is 0 Å². The average Bonchev–Trinajstić information content (AvgIpc) is 1.53. The molecule has 10 aliphatic rings. The van der Waals surface area contributed by atoms with Crippen LogP contribution in [0.15, 0.2) is 399 Å². The van der Waals surface area contributed by atoms with Crippen LogP contribution in [-0.4, -0.2) is 4.57 Å². The fourth-order valence-corrected chi connectivity index (χ4v) is 28.5. The minimum Gasteiger partial charge on any atom is -0.454 e. The van der Waals surface area contributed by atoms with Crippen molar-refractivity contribution < 1.29 is 4.42 Å². The maximum absolute atomic E-state index is 7.20. The maximum atomic E-state index is 7.20. The van der Waals surface area contributed by atoms with Gasteiger partial charge in [0, 0.05) is 60.3 Å². The Morgan fingerprint density at radius 3 is 1.31 bits per heavy atom. The molecule has 29 rings (SSSR count). The van der Waals surface area contributed by atoms with E-state index in [1.165, 1.54) is 170 Å². The van der Waals surface area contributed by atoms with Crippen LogP contribution in [0.5, 0.6) is 0 Å². The zero-order valence-corrected chi connectivity index (χ0v) is 71.4. The highest BCUT2D eigenvalue weighted by Crippen LogP contribution is 2.76. The molecule has 0 radical (unpaired) electrons. The zero-order valence-electron chi connectivity index (χ0n) is 71.4. The first-order valence-corrected chi connectivity index (χ1v) is 46.6. The molecule has 0 N–H and O–H groups in total. The molecule has 2 aromatic heterocycles. The highest BCUT2D eigenvalue weighted by molar-refractivity contribution is 6.17. The number of anilines is 6. The Kier molecular flexibility index (Phi) is 16.3. The van der Waals surface area contributed by atoms with E-state index in [0.29, 0.717) is 17.8 Å². The maximum Gasteiger partial charge on any atom is 0.159 e. The summed E-state index contributed by atoms with van der Waals surface area (Å²) in [6.45, 7) is 2.69. The summed E-state index contributed by atoms with van der Waals surface area (Å²) in [6.07, 6.45) is 13.3. The molecule has 10 aliphatic carbocycles. The molecule has 0 aliphatic heterocycles. The number of furan rings is 1. The van der Waals surface area contributed by atoms with Crippen molar-refractivity contribution in [2.45, 2.75) is 82.0 Å². The third-order valence-electron chi connectivity index (χ3n) is 32.5. The fraction of sp³-hybridized carbons (Fsp3) is 0.171. The molecule has 2 heterocycles. The van der Waals surface area contributed by atoms with E-state index in [1.54, 1.807) is 5.56 Å². The summed E-state index contributed by atoms with van der Waals surface area (Å²) in [5.74, 6) is 5.08. The van der Waals surface area contributed by atoms with Crippen molar-refractivity contribution in [2.75, 3.05) is 9.80 Å². The number of aromatic nitrogens is 1. The molecule has 8 saturated carbocycles. The summed E-state index contributed by atoms with van der Waals surface area (Å²) in [7, 11) is 0. The van der Waals surface area contributed by atoms with Crippen molar-refractivity contribution in [3.8, 4) is 106 Å². The number of fused-ring (bicyclic) bond motifs is 12. The van der Waals surface area contributed by atoms with E-state index in [4.69, 9.17) is 4.42 Å². The molecule has 19 aromatic rings. The second-order valence-electron chi connectivity index (χ2n) is 38.7. The van der Waals surface area contributed by atoms with Gasteiger partial charge in [0.1, 0.15) is 5.58 Å². The molecule has 608 valence electrons. The number of hydrogen-bond acceptors (Lipinski definition) is 3. The van der Waals surface area contributed by atoms with Gasteiger partial charge in [-0.05, 0) is 278 Å². The predicted molar refractivity (Wildman–Crippen MR) is 527 cm³/mol. The van der Waals surface area contributed by atoms with Crippen molar-refractivity contribution >= 4 is 77.9 Å². The average molecular weight is 1630 g/mol. The number of para-hydroxylation sites is 6. The van der Waals surface area contributed by atoms with Crippen LogP contribution in [0.3, 0.4) is 0 Å². The van der Waals surface area contributed by atoms with Gasteiger partial charge in [-0.1, -0.05) is 335 Å². The van der Waals surface area contributed by atoms with E-state index in [0.717, 1.165) is 118 Å². The van der Waals surface area contributed by atoms with Crippen LogP contribution in [0.1, 0.15) is 93.4 Å². The van der Waals surface area contributed by atoms with Crippen molar-refractivity contribution in [2.24, 2.45) is 46.8 Å². The van der Waals surface area contributed by atoms with Crippen LogP contribution in [0, 0.1) is 46.8 Å². The van der Waals surface area contributed by atoms with Gasteiger partial charge < -0.3 is 18.8 Å². The Morgan fingerprint density at radius 2 is 0.677 bits per heavy atom. The van der Waals surface area contributed by atoms with Gasteiger partial charge in [-0.2, -0.15) is 0 Å². The second kappa shape index (κ2) is 28.2. The molecular weight excluding hydrogens is 1540 g/mol. The van der Waals surface area contributed by atoms with Crippen LogP contribution in [0.25, 0.3) is 150 Å². The Balaban J connectivity index is 0.622. The molecule has 8 fully saturated rings. The normalized spacial score (nSPS) is 22.2. The lowest BCUT2D eigenvalue weighted by Crippen LogP contribution is -2.61. The third kappa shape index (κ3) is 10.6. The monoisotopic (exact) mass is 1630 g/mol. The van der Waals surface area contributed by atoms with Crippen LogP contribution < -0.4 is 9.80 Å². The Morgan fingerprint density at radius 1 is 0.268 bits per heavy atom. The molecule has 3 atom stereocenters. The van der Waals surface area contributed by atoms with E-state index >= 15 is 0 Å². The third-order valence-corrected chi connectivity index (χ3v) is 32.5. The molecule has 2 spiro atoms. The molecule has 8 bridgehead atoms. The smallest absolute Gasteiger partial charge is 0.159 e. The Labute approximate surface area is 742 Å². The zero-order chi connectivity index (χ0) is 83.4. The number of nitrogens with zero attached hydrogens (tertiary/aromatic N) is 3. The summed E-state index contributed by atoms with van der Waals surface area (Å²) in [5.41, 5.74) is 40.1. The van der Waals surface area contributed by atoms with E-state index in [-0.39, 0.29) is 16.2 Å². The van der Waals surface area contributed by atoms with Crippen molar-refractivity contribution in [1.82, 2.24) is 4.57 Å². The summed E-state index contributed by atoms with van der Waals surface area (Å²) >= 11 is 0. The van der Waals surface area contributed by atoms with E-state index in [9.17, 15) is 0 Å². The first-order chi connectivity index (χ1) is 62.8. The summed E-state index contributed by atoms with van der Waals surface area (Å²) < 4.78 is 9.79. The minimum atomic E-state index is -0.0779. The van der Waals surface area contributed by atoms with E-state index in [1.807, 2.05) is 0 Å².